The maximum absolute atomic E-state index is 13.2. The minimum absolute atomic E-state index is 0.124. The van der Waals surface area contributed by atoms with Crippen molar-refractivity contribution in [1.29, 1.82) is 0 Å². The van der Waals surface area contributed by atoms with E-state index in [0.29, 0.717) is 12.1 Å². The van der Waals surface area contributed by atoms with E-state index in [1.54, 1.807) is 6.07 Å². The molecule has 0 radical (unpaired) electrons. The van der Waals surface area contributed by atoms with Gasteiger partial charge in [0.05, 0.1) is 0 Å². The zero-order valence-electron chi connectivity index (χ0n) is 11.6. The SMILES string of the molecule is CC(Cc1cccc(F)c1)N1CC2CCCNC2C1. The Hall–Kier alpha value is -0.930. The quantitative estimate of drug-likeness (QED) is 0.900. The third kappa shape index (κ3) is 2.98. The summed E-state index contributed by atoms with van der Waals surface area (Å²) in [6.07, 6.45) is 3.62. The molecule has 2 nitrogen and oxygen atoms in total. The molecule has 2 aliphatic rings. The Labute approximate surface area is 115 Å². The van der Waals surface area contributed by atoms with Crippen molar-refractivity contribution in [3.8, 4) is 0 Å². The van der Waals surface area contributed by atoms with Crippen molar-refractivity contribution in [3.63, 3.8) is 0 Å². The van der Waals surface area contributed by atoms with Crippen molar-refractivity contribution in [2.45, 2.75) is 38.3 Å². The van der Waals surface area contributed by atoms with Crippen molar-refractivity contribution < 1.29 is 4.39 Å². The molecular weight excluding hydrogens is 239 g/mol. The number of hydrogen-bond acceptors (Lipinski definition) is 2. The van der Waals surface area contributed by atoms with E-state index in [4.69, 9.17) is 0 Å². The number of nitrogens with zero attached hydrogens (tertiary/aromatic N) is 1. The fourth-order valence-corrected chi connectivity index (χ4v) is 3.57. The molecule has 0 spiro atoms. The Morgan fingerprint density at radius 1 is 1.42 bits per heavy atom. The lowest BCUT2D eigenvalue weighted by molar-refractivity contribution is 0.246. The van der Waals surface area contributed by atoms with Gasteiger partial charge in [-0.25, -0.2) is 4.39 Å². The minimum Gasteiger partial charge on any atom is -0.312 e. The maximum atomic E-state index is 13.2. The van der Waals surface area contributed by atoms with Crippen LogP contribution in [-0.4, -0.2) is 36.6 Å². The highest BCUT2D eigenvalue weighted by Crippen LogP contribution is 2.27. The van der Waals surface area contributed by atoms with Crippen LogP contribution in [0.2, 0.25) is 0 Å². The van der Waals surface area contributed by atoms with Gasteiger partial charge in [0.2, 0.25) is 0 Å². The third-order valence-electron chi connectivity index (χ3n) is 4.67. The molecule has 3 rings (SSSR count). The van der Waals surface area contributed by atoms with Gasteiger partial charge in [0.25, 0.3) is 0 Å². The van der Waals surface area contributed by atoms with Crippen LogP contribution in [0.3, 0.4) is 0 Å². The second-order valence-corrected chi connectivity index (χ2v) is 6.10. The minimum atomic E-state index is -0.124. The average molecular weight is 262 g/mol. The van der Waals surface area contributed by atoms with E-state index in [2.05, 4.69) is 17.1 Å². The van der Waals surface area contributed by atoms with Crippen LogP contribution >= 0.6 is 0 Å². The summed E-state index contributed by atoms with van der Waals surface area (Å²) in [7, 11) is 0. The Morgan fingerprint density at radius 3 is 3.11 bits per heavy atom. The summed E-state index contributed by atoms with van der Waals surface area (Å²) in [6.45, 7) is 5.80. The van der Waals surface area contributed by atoms with Gasteiger partial charge in [-0.05, 0) is 56.3 Å². The molecule has 2 saturated heterocycles. The van der Waals surface area contributed by atoms with E-state index < -0.39 is 0 Å². The summed E-state index contributed by atoms with van der Waals surface area (Å²) in [6, 6.07) is 8.20. The highest BCUT2D eigenvalue weighted by Gasteiger charge is 2.35. The highest BCUT2D eigenvalue weighted by atomic mass is 19.1. The van der Waals surface area contributed by atoms with Crippen molar-refractivity contribution in [3.05, 3.63) is 35.6 Å². The molecule has 0 aromatic heterocycles. The number of halogens is 1. The van der Waals surface area contributed by atoms with Gasteiger partial charge in [-0.15, -0.1) is 0 Å². The number of hydrogen-bond donors (Lipinski definition) is 1. The first kappa shape index (κ1) is 13.1. The predicted molar refractivity (Wildman–Crippen MR) is 75.7 cm³/mol. The summed E-state index contributed by atoms with van der Waals surface area (Å²) in [5.41, 5.74) is 1.11. The zero-order chi connectivity index (χ0) is 13.2. The van der Waals surface area contributed by atoms with Crippen LogP contribution in [0.25, 0.3) is 0 Å². The first-order chi connectivity index (χ1) is 9.22. The lowest BCUT2D eigenvalue weighted by Crippen LogP contribution is -2.41. The standard InChI is InChI=1S/C16H23FN2/c1-12(8-13-4-2-6-15(17)9-13)19-10-14-5-3-7-18-16(14)11-19/h2,4,6,9,12,14,16,18H,3,5,7-8,10-11H2,1H3. The van der Waals surface area contributed by atoms with Gasteiger partial charge in [0.15, 0.2) is 0 Å². The number of likely N-dealkylation sites (tertiary alicyclic amines) is 1. The number of benzene rings is 1. The van der Waals surface area contributed by atoms with Gasteiger partial charge in [0.1, 0.15) is 5.82 Å². The topological polar surface area (TPSA) is 15.3 Å². The first-order valence-corrected chi connectivity index (χ1v) is 7.44. The molecule has 3 atom stereocenters. The molecule has 3 heteroatoms. The van der Waals surface area contributed by atoms with Crippen molar-refractivity contribution in [2.75, 3.05) is 19.6 Å². The summed E-state index contributed by atoms with van der Waals surface area (Å²) in [4.78, 5) is 2.57. The van der Waals surface area contributed by atoms with Crippen LogP contribution in [0.5, 0.6) is 0 Å². The number of piperidine rings is 1. The van der Waals surface area contributed by atoms with Crippen LogP contribution in [-0.2, 0) is 6.42 Å². The Morgan fingerprint density at radius 2 is 2.32 bits per heavy atom. The van der Waals surface area contributed by atoms with Crippen LogP contribution in [0.1, 0.15) is 25.3 Å². The van der Waals surface area contributed by atoms with Crippen molar-refractivity contribution >= 4 is 0 Å². The molecule has 1 N–H and O–H groups in total. The highest BCUT2D eigenvalue weighted by molar-refractivity contribution is 5.17. The van der Waals surface area contributed by atoms with Gasteiger partial charge < -0.3 is 5.32 Å². The van der Waals surface area contributed by atoms with E-state index in [-0.39, 0.29) is 5.82 Å². The summed E-state index contributed by atoms with van der Waals surface area (Å²) in [5.74, 6) is 0.699. The molecule has 0 saturated carbocycles. The second kappa shape index (κ2) is 5.59. The predicted octanol–water partition coefficient (Wildman–Crippen LogP) is 2.44. The molecule has 2 heterocycles. The molecule has 3 unspecified atom stereocenters. The zero-order valence-corrected chi connectivity index (χ0v) is 11.6. The van der Waals surface area contributed by atoms with Gasteiger partial charge >= 0.3 is 0 Å². The van der Waals surface area contributed by atoms with Gasteiger partial charge in [-0.1, -0.05) is 12.1 Å². The lowest BCUT2D eigenvalue weighted by atomic mass is 9.94. The fourth-order valence-electron chi connectivity index (χ4n) is 3.57. The lowest BCUT2D eigenvalue weighted by Gasteiger charge is -2.25. The summed E-state index contributed by atoms with van der Waals surface area (Å²) < 4.78 is 13.2. The molecular formula is C16H23FN2. The van der Waals surface area contributed by atoms with Gasteiger partial charge in [-0.3, -0.25) is 4.90 Å². The van der Waals surface area contributed by atoms with Crippen LogP contribution in [0.15, 0.2) is 24.3 Å². The molecule has 1 aromatic carbocycles. The molecule has 104 valence electrons. The molecule has 0 aliphatic carbocycles. The summed E-state index contributed by atoms with van der Waals surface area (Å²) >= 11 is 0. The number of fused-ring (bicyclic) bond motifs is 1. The normalized spacial score (nSPS) is 29.2. The smallest absolute Gasteiger partial charge is 0.123 e. The number of nitrogens with one attached hydrogen (secondary N) is 1. The van der Waals surface area contributed by atoms with E-state index in [9.17, 15) is 4.39 Å². The van der Waals surface area contributed by atoms with E-state index in [1.807, 2.05) is 12.1 Å². The first-order valence-electron chi connectivity index (χ1n) is 7.44. The molecule has 2 aliphatic heterocycles. The molecule has 2 fully saturated rings. The molecule has 19 heavy (non-hydrogen) atoms. The number of rotatable bonds is 3. The largest absolute Gasteiger partial charge is 0.312 e. The van der Waals surface area contributed by atoms with E-state index >= 15 is 0 Å². The Bertz CT molecular complexity index is 421. The van der Waals surface area contributed by atoms with Gasteiger partial charge in [-0.2, -0.15) is 0 Å². The molecule has 0 bridgehead atoms. The van der Waals surface area contributed by atoms with E-state index in [0.717, 1.165) is 24.4 Å². The maximum Gasteiger partial charge on any atom is 0.123 e. The van der Waals surface area contributed by atoms with Gasteiger partial charge in [0, 0.05) is 25.2 Å². The van der Waals surface area contributed by atoms with Crippen LogP contribution in [0.4, 0.5) is 4.39 Å². The van der Waals surface area contributed by atoms with Crippen molar-refractivity contribution in [1.82, 2.24) is 10.2 Å². The monoisotopic (exact) mass is 262 g/mol. The second-order valence-electron chi connectivity index (χ2n) is 6.10. The summed E-state index contributed by atoms with van der Waals surface area (Å²) in [5, 5.41) is 3.64. The molecule has 1 aromatic rings. The average Bonchev–Trinajstić information content (AvgIpc) is 2.82. The van der Waals surface area contributed by atoms with Crippen LogP contribution < -0.4 is 5.32 Å². The fraction of sp³-hybridized carbons (Fsp3) is 0.625. The van der Waals surface area contributed by atoms with Crippen LogP contribution in [0, 0.1) is 11.7 Å². The Kier molecular flexibility index (Phi) is 3.85. The Balaban J connectivity index is 1.60. The van der Waals surface area contributed by atoms with Crippen molar-refractivity contribution in [2.24, 2.45) is 5.92 Å². The van der Waals surface area contributed by atoms with E-state index in [1.165, 1.54) is 32.0 Å². The third-order valence-corrected chi connectivity index (χ3v) is 4.67. The molecule has 0 amide bonds.